The van der Waals surface area contributed by atoms with E-state index in [1.54, 1.807) is 19.1 Å². The molecule has 7 nitrogen and oxygen atoms in total. The zero-order chi connectivity index (χ0) is 14.5. The molecule has 2 rings (SSSR count). The van der Waals surface area contributed by atoms with Crippen molar-refractivity contribution in [2.24, 2.45) is 0 Å². The molecule has 20 heavy (non-hydrogen) atoms. The second-order valence-electron chi connectivity index (χ2n) is 3.79. The Morgan fingerprint density at radius 3 is 2.75 bits per heavy atom. The molecule has 0 aliphatic heterocycles. The fourth-order valence-corrected chi connectivity index (χ4v) is 1.59. The van der Waals surface area contributed by atoms with Crippen molar-refractivity contribution < 1.29 is 19.1 Å². The van der Waals surface area contributed by atoms with E-state index in [1.165, 1.54) is 30.5 Å². The lowest BCUT2D eigenvalue weighted by molar-refractivity contribution is -0.611. The largest absolute Gasteiger partial charge is 0.616 e. The number of nitrogens with zero attached hydrogens (tertiary/aromatic N) is 2. The first kappa shape index (κ1) is 13.6. The lowest BCUT2D eigenvalue weighted by Gasteiger charge is -2.08. The zero-order valence-electron chi connectivity index (χ0n) is 10.7. The number of pyridine rings is 1. The summed E-state index contributed by atoms with van der Waals surface area (Å²) >= 11 is 0. The summed E-state index contributed by atoms with van der Waals surface area (Å²) in [6.45, 7) is 2.01. The average Bonchev–Trinajstić information content (AvgIpc) is 2.42. The van der Waals surface area contributed by atoms with Gasteiger partial charge in [0.25, 0.3) is 0 Å². The van der Waals surface area contributed by atoms with Crippen LogP contribution in [0.3, 0.4) is 0 Å². The number of aromatic nitrogens is 1. The van der Waals surface area contributed by atoms with Crippen LogP contribution in [0.4, 0.5) is 5.69 Å². The van der Waals surface area contributed by atoms with E-state index in [-0.39, 0.29) is 29.7 Å². The van der Waals surface area contributed by atoms with Gasteiger partial charge in [-0.3, -0.25) is 10.1 Å². The number of nitro benzene ring substituents is 1. The molecule has 1 aromatic heterocycles. The Morgan fingerprint density at radius 1 is 1.30 bits per heavy atom. The van der Waals surface area contributed by atoms with Crippen LogP contribution in [0.5, 0.6) is 17.4 Å². The summed E-state index contributed by atoms with van der Waals surface area (Å²) in [5.41, 5.74) is -0.151. The maximum atomic E-state index is 11.5. The maximum absolute atomic E-state index is 11.5. The monoisotopic (exact) mass is 276 g/mol. The molecule has 0 aliphatic rings. The Kier molecular flexibility index (Phi) is 3.99. The Balaban J connectivity index is 2.32. The van der Waals surface area contributed by atoms with Crippen LogP contribution in [-0.2, 0) is 0 Å². The van der Waals surface area contributed by atoms with Gasteiger partial charge in [0.1, 0.15) is 5.75 Å². The first-order chi connectivity index (χ1) is 9.61. The number of benzene rings is 1. The topological polar surface area (TPSA) is 88.5 Å². The molecular weight excluding hydrogens is 264 g/mol. The Morgan fingerprint density at radius 2 is 2.10 bits per heavy atom. The molecule has 0 atom stereocenters. The smallest absolute Gasteiger partial charge is 0.384 e. The molecule has 0 spiro atoms. The Bertz CT molecular complexity index is 630. The third kappa shape index (κ3) is 2.94. The number of ether oxygens (including phenoxy) is 2. The molecule has 0 saturated heterocycles. The van der Waals surface area contributed by atoms with Gasteiger partial charge in [-0.2, -0.15) is 0 Å². The van der Waals surface area contributed by atoms with E-state index in [9.17, 15) is 15.3 Å². The first-order valence-electron chi connectivity index (χ1n) is 5.89. The first-order valence-corrected chi connectivity index (χ1v) is 5.89. The maximum Gasteiger partial charge on any atom is 0.384 e. The molecule has 2 aromatic rings. The number of hydrogen-bond acceptors (Lipinski definition) is 5. The van der Waals surface area contributed by atoms with Gasteiger partial charge in [0.2, 0.25) is 5.75 Å². The summed E-state index contributed by atoms with van der Waals surface area (Å²) in [5.74, 6) is 0.460. The van der Waals surface area contributed by atoms with Gasteiger partial charge in [0.05, 0.1) is 17.6 Å². The van der Waals surface area contributed by atoms with E-state index < -0.39 is 4.92 Å². The molecule has 0 unspecified atom stereocenters. The molecular formula is C13H12N2O5. The van der Waals surface area contributed by atoms with Crippen LogP contribution < -0.4 is 14.2 Å². The highest BCUT2D eigenvalue weighted by molar-refractivity contribution is 5.51. The highest BCUT2D eigenvalue weighted by Gasteiger charge is 2.17. The molecule has 1 heterocycles. The van der Waals surface area contributed by atoms with Crippen LogP contribution in [0.25, 0.3) is 0 Å². The quantitative estimate of drug-likeness (QED) is 0.362. The number of nitro groups is 1. The van der Waals surface area contributed by atoms with E-state index in [4.69, 9.17) is 9.47 Å². The summed E-state index contributed by atoms with van der Waals surface area (Å²) in [5, 5.41) is 22.3. The van der Waals surface area contributed by atoms with Crippen LogP contribution in [0.15, 0.2) is 42.6 Å². The molecule has 0 amide bonds. The average molecular weight is 276 g/mol. The van der Waals surface area contributed by atoms with E-state index in [1.807, 2.05) is 0 Å². The van der Waals surface area contributed by atoms with Crippen molar-refractivity contribution in [1.29, 1.82) is 0 Å². The lowest BCUT2D eigenvalue weighted by Crippen LogP contribution is -2.26. The third-order valence-corrected chi connectivity index (χ3v) is 2.44. The summed E-state index contributed by atoms with van der Waals surface area (Å²) < 4.78 is 11.1. The molecule has 0 fully saturated rings. The van der Waals surface area contributed by atoms with Crippen LogP contribution in [0, 0.1) is 15.3 Å². The van der Waals surface area contributed by atoms with Crippen LogP contribution in [0.1, 0.15) is 6.92 Å². The van der Waals surface area contributed by atoms with E-state index >= 15 is 0 Å². The van der Waals surface area contributed by atoms with Crippen molar-refractivity contribution in [3.63, 3.8) is 0 Å². The molecule has 0 radical (unpaired) electrons. The van der Waals surface area contributed by atoms with Gasteiger partial charge < -0.3 is 14.7 Å². The fourth-order valence-electron chi connectivity index (χ4n) is 1.59. The molecule has 104 valence electrons. The highest BCUT2D eigenvalue weighted by Crippen LogP contribution is 2.32. The van der Waals surface area contributed by atoms with E-state index in [0.717, 1.165) is 0 Å². The molecule has 0 N–H and O–H groups in total. The van der Waals surface area contributed by atoms with E-state index in [2.05, 4.69) is 0 Å². The molecule has 0 saturated carbocycles. The fraction of sp³-hybridized carbons (Fsp3) is 0.154. The third-order valence-electron chi connectivity index (χ3n) is 2.44. The van der Waals surface area contributed by atoms with Crippen LogP contribution in [-0.4, -0.2) is 11.5 Å². The molecule has 1 aromatic carbocycles. The predicted molar refractivity (Wildman–Crippen MR) is 69.7 cm³/mol. The van der Waals surface area contributed by atoms with Crippen molar-refractivity contribution in [2.45, 2.75) is 6.92 Å². The van der Waals surface area contributed by atoms with Crippen molar-refractivity contribution >= 4 is 5.69 Å². The zero-order valence-corrected chi connectivity index (χ0v) is 10.7. The second kappa shape index (κ2) is 5.87. The Hall–Kier alpha value is -2.83. The summed E-state index contributed by atoms with van der Waals surface area (Å²) in [6, 6.07) is 8.79. The van der Waals surface area contributed by atoms with Crippen LogP contribution in [0.2, 0.25) is 0 Å². The normalized spacial score (nSPS) is 10.1. The van der Waals surface area contributed by atoms with Crippen molar-refractivity contribution in [3.8, 4) is 17.4 Å². The summed E-state index contributed by atoms with van der Waals surface area (Å²) in [4.78, 5) is 10.3. The van der Waals surface area contributed by atoms with Gasteiger partial charge in [-0.25, -0.2) is 0 Å². The van der Waals surface area contributed by atoms with Gasteiger partial charge in [-0.1, -0.05) is 0 Å². The minimum absolute atomic E-state index is 0.0730. The van der Waals surface area contributed by atoms with Crippen molar-refractivity contribution in [2.75, 3.05) is 6.61 Å². The summed E-state index contributed by atoms with van der Waals surface area (Å²) in [6.07, 6.45) is 1.30. The van der Waals surface area contributed by atoms with Crippen molar-refractivity contribution in [1.82, 2.24) is 0 Å². The second-order valence-corrected chi connectivity index (χ2v) is 3.79. The van der Waals surface area contributed by atoms with Gasteiger partial charge in [0.15, 0.2) is 6.20 Å². The number of hydrogen-bond donors (Lipinski definition) is 0. The highest BCUT2D eigenvalue weighted by atomic mass is 16.6. The Labute approximate surface area is 114 Å². The minimum atomic E-state index is -0.537. The van der Waals surface area contributed by atoms with Gasteiger partial charge in [-0.15, -0.1) is 4.73 Å². The lowest BCUT2D eigenvalue weighted by atomic mass is 10.3. The van der Waals surface area contributed by atoms with E-state index in [0.29, 0.717) is 4.73 Å². The SMILES string of the molecule is CCOc1cc(Oc2cccc[n+]2[O-])ccc1[N+](=O)[O-]. The minimum Gasteiger partial charge on any atom is -0.616 e. The predicted octanol–water partition coefficient (Wildman–Crippen LogP) is 2.42. The summed E-state index contributed by atoms with van der Waals surface area (Å²) in [7, 11) is 0. The molecule has 0 bridgehead atoms. The molecule has 7 heteroatoms. The van der Waals surface area contributed by atoms with Gasteiger partial charge in [0, 0.05) is 18.2 Å². The number of rotatable bonds is 5. The van der Waals surface area contributed by atoms with Gasteiger partial charge in [-0.05, 0) is 19.1 Å². The molecule has 0 aliphatic carbocycles. The van der Waals surface area contributed by atoms with Gasteiger partial charge >= 0.3 is 11.6 Å². The van der Waals surface area contributed by atoms with Crippen molar-refractivity contribution in [3.05, 3.63) is 57.9 Å². The standard InChI is InChI=1S/C13H12N2O5/c1-2-19-12-9-10(6-7-11(12)15(17)18)20-13-5-3-4-8-14(13)16/h3-9H,2H2,1H3. The van der Waals surface area contributed by atoms with Crippen LogP contribution >= 0.6 is 0 Å².